The summed E-state index contributed by atoms with van der Waals surface area (Å²) < 4.78 is 22.6. The zero-order valence-electron chi connectivity index (χ0n) is 12.7. The molecule has 21 heavy (non-hydrogen) atoms. The average Bonchev–Trinajstić information content (AvgIpc) is 2.45. The van der Waals surface area contributed by atoms with Gasteiger partial charge in [-0.3, -0.25) is 0 Å². The van der Waals surface area contributed by atoms with E-state index in [1.807, 2.05) is 12.1 Å². The lowest BCUT2D eigenvalue weighted by Gasteiger charge is -2.35. The first-order valence-electron chi connectivity index (χ1n) is 7.47. The number of piperidine rings is 1. The highest BCUT2D eigenvalue weighted by Crippen LogP contribution is 2.24. The van der Waals surface area contributed by atoms with Gasteiger partial charge < -0.3 is 10.2 Å². The Hall–Kier alpha value is -1.11. The van der Waals surface area contributed by atoms with Gasteiger partial charge in [-0.1, -0.05) is 13.8 Å². The molecule has 1 aliphatic heterocycles. The summed E-state index contributed by atoms with van der Waals surface area (Å²) in [6.07, 6.45) is 2.41. The zero-order valence-corrected chi connectivity index (χ0v) is 13.6. The molecule has 1 aromatic carbocycles. The lowest BCUT2D eigenvalue weighted by Crippen LogP contribution is -2.41. The number of nitrogens with two attached hydrogens (primary N) is 1. The van der Waals surface area contributed by atoms with Crippen LogP contribution in [0.15, 0.2) is 29.2 Å². The molecule has 6 heteroatoms. The smallest absolute Gasteiger partial charge is 0.238 e. The van der Waals surface area contributed by atoms with Gasteiger partial charge in [-0.05, 0) is 49.6 Å². The second kappa shape index (κ2) is 6.77. The highest BCUT2D eigenvalue weighted by atomic mass is 32.2. The van der Waals surface area contributed by atoms with Crippen LogP contribution >= 0.6 is 0 Å². The molecule has 1 fully saturated rings. The van der Waals surface area contributed by atoms with Gasteiger partial charge >= 0.3 is 0 Å². The van der Waals surface area contributed by atoms with Crippen molar-refractivity contribution in [2.75, 3.05) is 24.5 Å². The first-order chi connectivity index (χ1) is 9.86. The molecule has 5 nitrogen and oxygen atoms in total. The molecule has 0 aliphatic carbocycles. The van der Waals surface area contributed by atoms with E-state index in [0.717, 1.165) is 25.3 Å². The molecule has 0 bridgehead atoms. The van der Waals surface area contributed by atoms with E-state index >= 15 is 0 Å². The molecule has 1 atom stereocenters. The first-order valence-corrected chi connectivity index (χ1v) is 9.02. The van der Waals surface area contributed by atoms with Crippen molar-refractivity contribution in [2.45, 2.75) is 37.6 Å². The van der Waals surface area contributed by atoms with Gasteiger partial charge in [0.1, 0.15) is 0 Å². The quantitative estimate of drug-likeness (QED) is 0.865. The van der Waals surface area contributed by atoms with Gasteiger partial charge in [0.25, 0.3) is 0 Å². The molecule has 0 aromatic heterocycles. The maximum absolute atomic E-state index is 11.3. The SMILES string of the molecule is CC(C)NCC1CCCN(c2ccc(S(N)(=O)=O)cc2)C1. The van der Waals surface area contributed by atoms with E-state index in [9.17, 15) is 8.42 Å². The van der Waals surface area contributed by atoms with E-state index in [-0.39, 0.29) is 4.90 Å². The Balaban J connectivity index is 2.01. The molecule has 1 saturated heterocycles. The van der Waals surface area contributed by atoms with Gasteiger partial charge in [-0.15, -0.1) is 0 Å². The normalized spacial score (nSPS) is 20.0. The summed E-state index contributed by atoms with van der Waals surface area (Å²) >= 11 is 0. The van der Waals surface area contributed by atoms with Crippen molar-refractivity contribution < 1.29 is 8.42 Å². The molecule has 118 valence electrons. The Morgan fingerprint density at radius 1 is 1.33 bits per heavy atom. The maximum Gasteiger partial charge on any atom is 0.238 e. The van der Waals surface area contributed by atoms with Gasteiger partial charge in [0.2, 0.25) is 10.0 Å². The Kier molecular flexibility index (Phi) is 5.24. The fourth-order valence-corrected chi connectivity index (χ4v) is 3.23. The number of primary sulfonamides is 1. The number of hydrogen-bond donors (Lipinski definition) is 2. The lowest BCUT2D eigenvalue weighted by molar-refractivity contribution is 0.379. The molecular weight excluding hydrogens is 286 g/mol. The molecular formula is C15H25N3O2S. The van der Waals surface area contributed by atoms with Crippen LogP contribution in [0.1, 0.15) is 26.7 Å². The second-order valence-electron chi connectivity index (χ2n) is 6.06. The molecule has 2 rings (SSSR count). The van der Waals surface area contributed by atoms with Crippen LogP contribution in [0.25, 0.3) is 0 Å². The molecule has 0 amide bonds. The number of nitrogens with zero attached hydrogens (tertiary/aromatic N) is 1. The van der Waals surface area contributed by atoms with Crippen LogP contribution in [0.4, 0.5) is 5.69 Å². The van der Waals surface area contributed by atoms with Crippen LogP contribution in [-0.2, 0) is 10.0 Å². The minimum atomic E-state index is -3.61. The Labute approximate surface area is 127 Å². The molecule has 1 aliphatic rings. The molecule has 3 N–H and O–H groups in total. The second-order valence-corrected chi connectivity index (χ2v) is 7.62. The van der Waals surface area contributed by atoms with E-state index in [1.54, 1.807) is 12.1 Å². The predicted octanol–water partition coefficient (Wildman–Crippen LogP) is 1.55. The largest absolute Gasteiger partial charge is 0.371 e. The number of benzene rings is 1. The number of hydrogen-bond acceptors (Lipinski definition) is 4. The maximum atomic E-state index is 11.3. The fraction of sp³-hybridized carbons (Fsp3) is 0.600. The number of nitrogens with one attached hydrogen (secondary N) is 1. The molecule has 0 radical (unpaired) electrons. The van der Waals surface area contributed by atoms with Crippen molar-refractivity contribution in [3.8, 4) is 0 Å². The van der Waals surface area contributed by atoms with E-state index < -0.39 is 10.0 Å². The predicted molar refractivity (Wildman–Crippen MR) is 85.9 cm³/mol. The highest BCUT2D eigenvalue weighted by Gasteiger charge is 2.20. The van der Waals surface area contributed by atoms with E-state index in [0.29, 0.717) is 12.0 Å². The van der Waals surface area contributed by atoms with Gasteiger partial charge in [0.15, 0.2) is 0 Å². The Morgan fingerprint density at radius 3 is 2.57 bits per heavy atom. The Bertz CT molecular complexity index is 555. The first kappa shape index (κ1) is 16.3. The van der Waals surface area contributed by atoms with Crippen molar-refractivity contribution in [1.29, 1.82) is 0 Å². The summed E-state index contributed by atoms with van der Waals surface area (Å²) in [6, 6.07) is 7.37. The van der Waals surface area contributed by atoms with Crippen molar-refractivity contribution >= 4 is 15.7 Å². The van der Waals surface area contributed by atoms with E-state index in [2.05, 4.69) is 24.1 Å². The van der Waals surface area contributed by atoms with Crippen molar-refractivity contribution in [3.63, 3.8) is 0 Å². The molecule has 1 unspecified atom stereocenters. The number of anilines is 1. The van der Waals surface area contributed by atoms with Crippen LogP contribution in [0.3, 0.4) is 0 Å². The minimum Gasteiger partial charge on any atom is -0.371 e. The van der Waals surface area contributed by atoms with Gasteiger partial charge in [0, 0.05) is 24.8 Å². The number of rotatable bonds is 5. The van der Waals surface area contributed by atoms with Crippen LogP contribution in [0.5, 0.6) is 0 Å². The van der Waals surface area contributed by atoms with E-state index in [4.69, 9.17) is 5.14 Å². The van der Waals surface area contributed by atoms with Gasteiger partial charge in [0.05, 0.1) is 4.90 Å². The van der Waals surface area contributed by atoms with Crippen molar-refractivity contribution in [3.05, 3.63) is 24.3 Å². The molecule has 0 spiro atoms. The molecule has 0 saturated carbocycles. The number of sulfonamides is 1. The van der Waals surface area contributed by atoms with Crippen molar-refractivity contribution in [2.24, 2.45) is 11.1 Å². The van der Waals surface area contributed by atoms with Crippen LogP contribution in [0.2, 0.25) is 0 Å². The molecule has 1 aromatic rings. The summed E-state index contributed by atoms with van der Waals surface area (Å²) in [5.74, 6) is 0.638. The van der Waals surface area contributed by atoms with Gasteiger partial charge in [-0.2, -0.15) is 0 Å². The van der Waals surface area contributed by atoms with Crippen LogP contribution in [0, 0.1) is 5.92 Å². The minimum absolute atomic E-state index is 0.168. The van der Waals surface area contributed by atoms with E-state index in [1.165, 1.54) is 12.8 Å². The third-order valence-corrected chi connectivity index (χ3v) is 4.79. The standard InChI is InChI=1S/C15H25N3O2S/c1-12(2)17-10-13-4-3-9-18(11-13)14-5-7-15(8-6-14)21(16,19)20/h5-8,12-13,17H,3-4,9-11H2,1-2H3,(H2,16,19,20). The summed E-state index contributed by atoms with van der Waals surface area (Å²) in [5, 5.41) is 8.62. The average molecular weight is 311 g/mol. The topological polar surface area (TPSA) is 75.4 Å². The third-order valence-electron chi connectivity index (χ3n) is 3.86. The summed E-state index contributed by atoms with van der Waals surface area (Å²) in [7, 11) is -3.61. The summed E-state index contributed by atoms with van der Waals surface area (Å²) in [5.41, 5.74) is 1.07. The van der Waals surface area contributed by atoms with Crippen LogP contribution < -0.4 is 15.4 Å². The summed E-state index contributed by atoms with van der Waals surface area (Å²) in [6.45, 7) is 7.38. The lowest BCUT2D eigenvalue weighted by atomic mass is 9.97. The monoisotopic (exact) mass is 311 g/mol. The summed E-state index contributed by atoms with van der Waals surface area (Å²) in [4.78, 5) is 2.49. The van der Waals surface area contributed by atoms with Crippen LogP contribution in [-0.4, -0.2) is 34.1 Å². The molecule has 1 heterocycles. The fourth-order valence-electron chi connectivity index (χ4n) is 2.72. The van der Waals surface area contributed by atoms with Crippen molar-refractivity contribution in [1.82, 2.24) is 5.32 Å². The highest BCUT2D eigenvalue weighted by molar-refractivity contribution is 7.89. The van der Waals surface area contributed by atoms with Gasteiger partial charge in [-0.25, -0.2) is 13.6 Å². The zero-order chi connectivity index (χ0) is 15.5. The third kappa shape index (κ3) is 4.69. The Morgan fingerprint density at radius 2 is 2.00 bits per heavy atom.